The van der Waals surface area contributed by atoms with Gasteiger partial charge in [0.05, 0.1) is 0 Å². The largest absolute Gasteiger partial charge is 0.462 e. The molecule has 0 aromatic heterocycles. The highest BCUT2D eigenvalue weighted by molar-refractivity contribution is 5.71. The van der Waals surface area contributed by atoms with Crippen molar-refractivity contribution in [3.05, 3.63) is 72.9 Å². The predicted octanol–water partition coefficient (Wildman–Crippen LogP) is 22.1. The maximum Gasteiger partial charge on any atom is 0.306 e. The first-order valence-corrected chi connectivity index (χ1v) is 32.4. The topological polar surface area (TPSA) is 78.9 Å². The van der Waals surface area contributed by atoms with Crippen LogP contribution in [0.4, 0.5) is 0 Å². The van der Waals surface area contributed by atoms with E-state index in [2.05, 4.69) is 93.7 Å². The van der Waals surface area contributed by atoms with Crippen LogP contribution in [-0.4, -0.2) is 37.2 Å². The highest BCUT2D eigenvalue weighted by Crippen LogP contribution is 2.16. The highest BCUT2D eigenvalue weighted by Gasteiger charge is 2.19. The molecule has 434 valence electrons. The molecule has 0 spiro atoms. The van der Waals surface area contributed by atoms with Crippen molar-refractivity contribution in [2.45, 2.75) is 335 Å². The summed E-state index contributed by atoms with van der Waals surface area (Å²) in [5.41, 5.74) is 0. The molecule has 1 unspecified atom stereocenters. The van der Waals surface area contributed by atoms with Gasteiger partial charge in [0, 0.05) is 19.3 Å². The molecule has 1 atom stereocenters. The molecule has 6 nitrogen and oxygen atoms in total. The van der Waals surface area contributed by atoms with Crippen molar-refractivity contribution < 1.29 is 28.6 Å². The van der Waals surface area contributed by atoms with Gasteiger partial charge in [0.15, 0.2) is 6.10 Å². The summed E-state index contributed by atoms with van der Waals surface area (Å²) >= 11 is 0. The van der Waals surface area contributed by atoms with Crippen LogP contribution in [0.25, 0.3) is 0 Å². The second-order valence-corrected chi connectivity index (χ2v) is 21.7. The summed E-state index contributed by atoms with van der Waals surface area (Å²) in [6, 6.07) is 0. The molecule has 0 heterocycles. The lowest BCUT2D eigenvalue weighted by Gasteiger charge is -2.18. The fraction of sp³-hybridized carbons (Fsp3) is 0.783. The van der Waals surface area contributed by atoms with Crippen LogP contribution in [0.1, 0.15) is 329 Å². The summed E-state index contributed by atoms with van der Waals surface area (Å²) in [7, 11) is 0. The number of esters is 3. The third-order valence-corrected chi connectivity index (χ3v) is 14.2. The van der Waals surface area contributed by atoms with Gasteiger partial charge in [0.25, 0.3) is 0 Å². The number of carbonyl (C=O) groups excluding carboxylic acids is 3. The summed E-state index contributed by atoms with van der Waals surface area (Å²) in [6.07, 6.45) is 82.0. The Bertz CT molecular complexity index is 1390. The molecule has 0 aromatic rings. The molecule has 0 fully saturated rings. The molecule has 0 amide bonds. The summed E-state index contributed by atoms with van der Waals surface area (Å²) in [4.78, 5) is 38.2. The van der Waals surface area contributed by atoms with E-state index < -0.39 is 6.10 Å². The first-order chi connectivity index (χ1) is 37.0. The molecule has 6 heteroatoms. The average Bonchev–Trinajstić information content (AvgIpc) is 3.41. The summed E-state index contributed by atoms with van der Waals surface area (Å²) in [5, 5.41) is 0. The maximum atomic E-state index is 12.9. The van der Waals surface area contributed by atoms with Gasteiger partial charge < -0.3 is 14.2 Å². The fourth-order valence-electron chi connectivity index (χ4n) is 9.24. The van der Waals surface area contributed by atoms with Gasteiger partial charge in [-0.3, -0.25) is 14.4 Å². The number of rotatable bonds is 59. The quantitative estimate of drug-likeness (QED) is 0.0261. The summed E-state index contributed by atoms with van der Waals surface area (Å²) in [5.74, 6) is -0.894. The van der Waals surface area contributed by atoms with E-state index in [9.17, 15) is 14.4 Å². The second kappa shape index (κ2) is 63.4. The Balaban J connectivity index is 4.22. The van der Waals surface area contributed by atoms with E-state index in [1.807, 2.05) is 0 Å². The van der Waals surface area contributed by atoms with Gasteiger partial charge in [-0.05, 0) is 116 Å². The Morgan fingerprint density at radius 1 is 0.267 bits per heavy atom. The van der Waals surface area contributed by atoms with Gasteiger partial charge in [-0.15, -0.1) is 0 Å². The average molecular weight is 1050 g/mol. The number of unbranched alkanes of at least 4 members (excludes halogenated alkanes) is 36. The molecular weight excluding hydrogens is 925 g/mol. The molecular formula is C69H122O6. The molecule has 0 N–H and O–H groups in total. The zero-order valence-corrected chi connectivity index (χ0v) is 49.8. The number of allylic oxidation sites excluding steroid dienone is 12. The minimum absolute atomic E-state index is 0.0823. The number of hydrogen-bond acceptors (Lipinski definition) is 6. The zero-order chi connectivity index (χ0) is 54.3. The fourth-order valence-corrected chi connectivity index (χ4v) is 9.24. The third kappa shape index (κ3) is 61.6. The number of carbonyl (C=O) groups is 3. The molecule has 0 bridgehead atoms. The smallest absolute Gasteiger partial charge is 0.306 e. The van der Waals surface area contributed by atoms with Crippen molar-refractivity contribution in [1.29, 1.82) is 0 Å². The van der Waals surface area contributed by atoms with E-state index >= 15 is 0 Å². The Hall–Kier alpha value is -3.15. The highest BCUT2D eigenvalue weighted by atomic mass is 16.6. The monoisotopic (exact) mass is 1050 g/mol. The van der Waals surface area contributed by atoms with Crippen LogP contribution in [0, 0.1) is 0 Å². The minimum atomic E-state index is -0.786. The van der Waals surface area contributed by atoms with Crippen LogP contribution < -0.4 is 0 Å². The predicted molar refractivity (Wildman–Crippen MR) is 325 cm³/mol. The van der Waals surface area contributed by atoms with Crippen molar-refractivity contribution in [1.82, 2.24) is 0 Å². The number of ether oxygens (including phenoxy) is 3. The molecule has 0 saturated carbocycles. The van der Waals surface area contributed by atoms with E-state index in [-0.39, 0.29) is 31.1 Å². The molecule has 0 radical (unpaired) electrons. The van der Waals surface area contributed by atoms with E-state index in [1.54, 1.807) is 0 Å². The lowest BCUT2D eigenvalue weighted by Crippen LogP contribution is -2.30. The standard InChI is InChI=1S/C69H122O6/c1-4-7-10-13-16-19-22-25-27-29-30-31-32-33-34-35-36-37-38-39-40-41-43-44-47-50-53-56-59-62-68(71)74-65-66(64-73-67(70)61-58-55-52-49-46-24-21-18-15-12-9-6-3)75-69(72)63-60-57-54-51-48-45-42-28-26-23-20-17-14-11-8-5-2/h18,20-23,25,28-30,32-33,42,66H,4-17,19,24,26-27,31,34-41,43-65H2,1-3H3/b21-18-,23-20-,25-22-,30-29-,33-32-,42-28-. The van der Waals surface area contributed by atoms with E-state index in [0.29, 0.717) is 19.3 Å². The van der Waals surface area contributed by atoms with E-state index in [1.165, 1.54) is 186 Å². The zero-order valence-electron chi connectivity index (χ0n) is 49.8. The van der Waals surface area contributed by atoms with Crippen molar-refractivity contribution in [3.8, 4) is 0 Å². The first-order valence-electron chi connectivity index (χ1n) is 32.4. The van der Waals surface area contributed by atoms with Crippen molar-refractivity contribution >= 4 is 17.9 Å². The molecule has 0 aliphatic rings. The Kier molecular flexibility index (Phi) is 60.7. The molecule has 0 aliphatic heterocycles. The van der Waals surface area contributed by atoms with Gasteiger partial charge in [-0.2, -0.15) is 0 Å². The van der Waals surface area contributed by atoms with Gasteiger partial charge in [0.2, 0.25) is 0 Å². The van der Waals surface area contributed by atoms with Crippen LogP contribution in [0.2, 0.25) is 0 Å². The van der Waals surface area contributed by atoms with Crippen molar-refractivity contribution in [3.63, 3.8) is 0 Å². The lowest BCUT2D eigenvalue weighted by atomic mass is 10.0. The van der Waals surface area contributed by atoms with Gasteiger partial charge in [-0.25, -0.2) is 0 Å². The Labute approximate surface area is 465 Å². The van der Waals surface area contributed by atoms with Crippen molar-refractivity contribution in [2.75, 3.05) is 13.2 Å². The minimum Gasteiger partial charge on any atom is -0.462 e. The van der Waals surface area contributed by atoms with Crippen LogP contribution >= 0.6 is 0 Å². The summed E-state index contributed by atoms with van der Waals surface area (Å²) < 4.78 is 16.9. The molecule has 0 rings (SSSR count). The van der Waals surface area contributed by atoms with Crippen LogP contribution in [0.3, 0.4) is 0 Å². The SMILES string of the molecule is CCCCC/C=C\CCCCCCCC(=O)OCC(COC(=O)CCCCCCCCCCCCCCCC/C=C\C/C=C\C/C=C\CCCCCCC)OC(=O)CCCCCCC/C=C\C/C=C\CCCCCC. The molecule has 0 aromatic carbocycles. The van der Waals surface area contributed by atoms with Crippen LogP contribution in [0.5, 0.6) is 0 Å². The van der Waals surface area contributed by atoms with Crippen LogP contribution in [0.15, 0.2) is 72.9 Å². The lowest BCUT2D eigenvalue weighted by molar-refractivity contribution is -0.167. The molecule has 0 saturated heterocycles. The molecule has 0 aliphatic carbocycles. The van der Waals surface area contributed by atoms with Gasteiger partial charge in [-0.1, -0.05) is 267 Å². The summed E-state index contributed by atoms with van der Waals surface area (Å²) in [6.45, 7) is 6.60. The Morgan fingerprint density at radius 2 is 0.480 bits per heavy atom. The maximum absolute atomic E-state index is 12.9. The van der Waals surface area contributed by atoms with Gasteiger partial charge >= 0.3 is 17.9 Å². The normalized spacial score (nSPS) is 12.5. The molecule has 75 heavy (non-hydrogen) atoms. The van der Waals surface area contributed by atoms with E-state index in [4.69, 9.17) is 14.2 Å². The first kappa shape index (κ1) is 71.8. The number of hydrogen-bond donors (Lipinski definition) is 0. The van der Waals surface area contributed by atoms with Gasteiger partial charge in [0.1, 0.15) is 13.2 Å². The Morgan fingerprint density at radius 3 is 0.800 bits per heavy atom. The second-order valence-electron chi connectivity index (χ2n) is 21.7. The van der Waals surface area contributed by atoms with E-state index in [0.717, 1.165) is 103 Å². The van der Waals surface area contributed by atoms with Crippen molar-refractivity contribution in [2.24, 2.45) is 0 Å². The third-order valence-electron chi connectivity index (χ3n) is 14.2. The van der Waals surface area contributed by atoms with Crippen LogP contribution in [-0.2, 0) is 28.6 Å².